The highest BCUT2D eigenvalue weighted by Crippen LogP contribution is 2.56. The number of anilines is 1. The van der Waals surface area contributed by atoms with E-state index in [0.29, 0.717) is 24.2 Å². The van der Waals surface area contributed by atoms with Crippen LogP contribution in [0.5, 0.6) is 17.4 Å². The maximum Gasteiger partial charge on any atom is 0.418 e. The third-order valence-corrected chi connectivity index (χ3v) is 6.70. The molecule has 0 unspecified atom stereocenters. The lowest BCUT2D eigenvalue weighted by molar-refractivity contribution is -0.137. The standard InChI is InChI=1S/C23H18F4N4O3/c24-17-3-13(1-2-18(17)34-16-4-15(8-28-9-16)23(25,26)27)11-33-19-5-20-30(21(32)29-19)12-22-6-14(7-22)10-31(20)22/h1-5,8-9,14H,6-7,10-12H2. The first-order valence-electron chi connectivity index (χ1n) is 10.7. The molecule has 2 aromatic heterocycles. The van der Waals surface area contributed by atoms with Crippen LogP contribution in [0.4, 0.5) is 23.4 Å². The molecule has 11 heteroatoms. The topological polar surface area (TPSA) is 69.5 Å². The first kappa shape index (κ1) is 20.9. The zero-order valence-electron chi connectivity index (χ0n) is 17.7. The Hall–Kier alpha value is -3.63. The van der Waals surface area contributed by atoms with Crippen molar-refractivity contribution in [1.29, 1.82) is 0 Å². The van der Waals surface area contributed by atoms with E-state index in [1.165, 1.54) is 12.1 Å². The zero-order chi connectivity index (χ0) is 23.7. The number of hydrogen-bond donors (Lipinski definition) is 0. The summed E-state index contributed by atoms with van der Waals surface area (Å²) >= 11 is 0. The average Bonchev–Trinajstić information content (AvgIpc) is 3.40. The Morgan fingerprint density at radius 3 is 2.74 bits per heavy atom. The van der Waals surface area contributed by atoms with E-state index in [1.54, 1.807) is 10.6 Å². The minimum Gasteiger partial charge on any atom is -0.473 e. The molecule has 0 amide bonds. The Balaban J connectivity index is 1.16. The van der Waals surface area contributed by atoms with Crippen molar-refractivity contribution in [1.82, 2.24) is 14.5 Å². The maximum absolute atomic E-state index is 14.5. The SMILES string of the molecule is O=c1nc(OCc2ccc(Oc3cncc(C(F)(F)F)c3)c(F)c2)cc2n1CC13CC(CN21)C3. The van der Waals surface area contributed by atoms with E-state index in [1.807, 2.05) is 0 Å². The van der Waals surface area contributed by atoms with Crippen LogP contribution in [0, 0.1) is 11.7 Å². The van der Waals surface area contributed by atoms with Crippen LogP contribution in [-0.4, -0.2) is 26.6 Å². The quantitative estimate of drug-likeness (QED) is 0.518. The molecule has 7 rings (SSSR count). The van der Waals surface area contributed by atoms with Gasteiger partial charge in [0.1, 0.15) is 18.2 Å². The molecule has 7 nitrogen and oxygen atoms in total. The second-order valence-corrected chi connectivity index (χ2v) is 8.99. The molecule has 3 aliphatic heterocycles. The molecule has 0 N–H and O–H groups in total. The van der Waals surface area contributed by atoms with E-state index in [9.17, 15) is 22.4 Å². The van der Waals surface area contributed by atoms with Crippen LogP contribution in [0.2, 0.25) is 0 Å². The molecular weight excluding hydrogens is 456 g/mol. The molecule has 3 fully saturated rings. The summed E-state index contributed by atoms with van der Waals surface area (Å²) in [6.45, 7) is 1.53. The molecule has 1 aromatic carbocycles. The molecule has 0 radical (unpaired) electrons. The van der Waals surface area contributed by atoms with Crippen molar-refractivity contribution in [3.05, 3.63) is 70.2 Å². The zero-order valence-corrected chi connectivity index (χ0v) is 17.7. The summed E-state index contributed by atoms with van der Waals surface area (Å²) in [6.07, 6.45) is -0.674. The fraction of sp³-hybridized carbons (Fsp3) is 0.348. The number of rotatable bonds is 5. The van der Waals surface area contributed by atoms with Crippen LogP contribution in [0.3, 0.4) is 0 Å². The van der Waals surface area contributed by atoms with E-state index in [0.717, 1.165) is 43.5 Å². The number of ether oxygens (including phenoxy) is 2. The van der Waals surface area contributed by atoms with Gasteiger partial charge in [0.15, 0.2) is 11.6 Å². The third kappa shape index (κ3) is 3.37. The highest BCUT2D eigenvalue weighted by Gasteiger charge is 2.60. The largest absolute Gasteiger partial charge is 0.473 e. The Morgan fingerprint density at radius 2 is 1.97 bits per heavy atom. The molecule has 5 heterocycles. The average molecular weight is 474 g/mol. The van der Waals surface area contributed by atoms with E-state index in [-0.39, 0.29) is 35.2 Å². The molecule has 1 aliphatic carbocycles. The number of pyridine rings is 1. The number of alkyl halides is 3. The van der Waals surface area contributed by atoms with Gasteiger partial charge in [0, 0.05) is 18.8 Å². The van der Waals surface area contributed by atoms with Gasteiger partial charge in [-0.05, 0) is 42.5 Å². The van der Waals surface area contributed by atoms with Crippen LogP contribution < -0.4 is 20.1 Å². The number of hydrogen-bond acceptors (Lipinski definition) is 6. The van der Waals surface area contributed by atoms with Crippen molar-refractivity contribution in [2.24, 2.45) is 5.92 Å². The Morgan fingerprint density at radius 1 is 1.15 bits per heavy atom. The van der Waals surface area contributed by atoms with Gasteiger partial charge in [-0.25, -0.2) is 9.18 Å². The summed E-state index contributed by atoms with van der Waals surface area (Å²) in [4.78, 5) is 22.2. The molecule has 2 bridgehead atoms. The van der Waals surface area contributed by atoms with Crippen molar-refractivity contribution in [3.63, 3.8) is 0 Å². The Bertz CT molecular complexity index is 1350. The lowest BCUT2D eigenvalue weighted by atomic mass is 9.74. The van der Waals surface area contributed by atoms with Gasteiger partial charge >= 0.3 is 11.9 Å². The third-order valence-electron chi connectivity index (χ3n) is 6.70. The highest BCUT2D eigenvalue weighted by molar-refractivity contribution is 5.54. The van der Waals surface area contributed by atoms with Crippen LogP contribution in [-0.2, 0) is 19.3 Å². The first-order valence-corrected chi connectivity index (χ1v) is 10.7. The molecule has 3 aromatic rings. The Kier molecular flexibility index (Phi) is 4.42. The van der Waals surface area contributed by atoms with Gasteiger partial charge in [-0.1, -0.05) is 6.07 Å². The number of fused-ring (bicyclic) bond motifs is 1. The number of aromatic nitrogens is 3. The van der Waals surface area contributed by atoms with Gasteiger partial charge in [0.2, 0.25) is 5.88 Å². The monoisotopic (exact) mass is 474 g/mol. The van der Waals surface area contributed by atoms with Crippen LogP contribution in [0.25, 0.3) is 0 Å². The summed E-state index contributed by atoms with van der Waals surface area (Å²) < 4.78 is 65.6. The summed E-state index contributed by atoms with van der Waals surface area (Å²) in [5, 5.41) is 0. The van der Waals surface area contributed by atoms with Gasteiger partial charge < -0.3 is 14.4 Å². The molecule has 0 atom stereocenters. The van der Waals surface area contributed by atoms with Crippen LogP contribution in [0.1, 0.15) is 24.0 Å². The molecule has 176 valence electrons. The fourth-order valence-corrected chi connectivity index (χ4v) is 5.21. The predicted molar refractivity (Wildman–Crippen MR) is 111 cm³/mol. The van der Waals surface area contributed by atoms with Crippen LogP contribution >= 0.6 is 0 Å². The lowest BCUT2D eigenvalue weighted by Crippen LogP contribution is -2.44. The number of nitrogens with zero attached hydrogens (tertiary/aromatic N) is 4. The lowest BCUT2D eigenvalue weighted by Gasteiger charge is -2.37. The Labute approximate surface area is 190 Å². The maximum atomic E-state index is 14.5. The van der Waals surface area contributed by atoms with Crippen molar-refractivity contribution in [2.45, 2.75) is 37.7 Å². The molecule has 1 spiro atoms. The summed E-state index contributed by atoms with van der Waals surface area (Å²) in [5.41, 5.74) is -0.880. The molecule has 34 heavy (non-hydrogen) atoms. The second-order valence-electron chi connectivity index (χ2n) is 8.99. The predicted octanol–water partition coefficient (Wildman–Crippen LogP) is 4.15. The molecule has 2 saturated heterocycles. The minimum atomic E-state index is -4.59. The van der Waals surface area contributed by atoms with Crippen LogP contribution in [0.15, 0.2) is 47.5 Å². The molecule has 1 saturated carbocycles. The molecule has 4 aliphatic rings. The summed E-state index contributed by atoms with van der Waals surface area (Å²) in [7, 11) is 0. The molecular formula is C23H18F4N4O3. The smallest absolute Gasteiger partial charge is 0.418 e. The van der Waals surface area contributed by atoms with Crippen molar-refractivity contribution in [2.75, 3.05) is 11.4 Å². The fourth-order valence-electron chi connectivity index (χ4n) is 5.21. The summed E-state index contributed by atoms with van der Waals surface area (Å²) in [5.74, 6) is 0.374. The van der Waals surface area contributed by atoms with Gasteiger partial charge in [0.05, 0.1) is 23.8 Å². The first-order chi connectivity index (χ1) is 16.2. The normalized spacial score (nSPS) is 22.2. The second kappa shape index (κ2) is 7.18. The van der Waals surface area contributed by atoms with E-state index in [2.05, 4.69) is 14.9 Å². The van der Waals surface area contributed by atoms with Gasteiger partial charge in [-0.3, -0.25) is 9.55 Å². The van der Waals surface area contributed by atoms with Gasteiger partial charge in [-0.2, -0.15) is 18.2 Å². The number of halogens is 4. The highest BCUT2D eigenvalue weighted by atomic mass is 19.4. The van der Waals surface area contributed by atoms with Crippen molar-refractivity contribution < 1.29 is 27.0 Å². The number of benzene rings is 1. The van der Waals surface area contributed by atoms with E-state index < -0.39 is 17.6 Å². The summed E-state index contributed by atoms with van der Waals surface area (Å²) in [6, 6.07) is 6.45. The van der Waals surface area contributed by atoms with Gasteiger partial charge in [-0.15, -0.1) is 0 Å². The van der Waals surface area contributed by atoms with Gasteiger partial charge in [0.25, 0.3) is 0 Å². The van der Waals surface area contributed by atoms with E-state index in [4.69, 9.17) is 9.47 Å². The van der Waals surface area contributed by atoms with E-state index >= 15 is 0 Å². The van der Waals surface area contributed by atoms with Crippen molar-refractivity contribution >= 4 is 5.82 Å². The van der Waals surface area contributed by atoms with Crippen molar-refractivity contribution in [3.8, 4) is 17.4 Å². The minimum absolute atomic E-state index is 0.0469.